The summed E-state index contributed by atoms with van der Waals surface area (Å²) < 4.78 is 1.98. The fourth-order valence-corrected chi connectivity index (χ4v) is 4.28. The Bertz CT molecular complexity index is 1070. The van der Waals surface area contributed by atoms with Crippen molar-refractivity contribution >= 4 is 22.6 Å². The molecule has 1 aliphatic heterocycles. The average molecular weight is 419 g/mol. The number of carbonyl (C=O) groups is 1. The number of amides is 1. The normalized spacial score (nSPS) is 17.6. The second-order valence-corrected chi connectivity index (χ2v) is 8.61. The summed E-state index contributed by atoms with van der Waals surface area (Å²) in [5.41, 5.74) is 2.88. The molecule has 7 heteroatoms. The van der Waals surface area contributed by atoms with Crippen molar-refractivity contribution in [2.45, 2.75) is 45.3 Å². The van der Waals surface area contributed by atoms with E-state index in [9.17, 15) is 4.79 Å². The van der Waals surface area contributed by atoms with E-state index in [1.54, 1.807) is 0 Å². The molecule has 1 saturated heterocycles. The van der Waals surface area contributed by atoms with E-state index in [2.05, 4.69) is 33.3 Å². The number of aryl methyl sites for hydroxylation is 1. The van der Waals surface area contributed by atoms with Crippen LogP contribution < -0.4 is 10.2 Å². The third-order valence-corrected chi connectivity index (χ3v) is 6.19. The van der Waals surface area contributed by atoms with E-state index in [0.29, 0.717) is 6.04 Å². The quantitative estimate of drug-likeness (QED) is 0.667. The van der Waals surface area contributed by atoms with Crippen LogP contribution in [0, 0.1) is 0 Å². The Kier molecular flexibility index (Phi) is 5.59. The van der Waals surface area contributed by atoms with Crippen molar-refractivity contribution < 1.29 is 4.79 Å². The van der Waals surface area contributed by atoms with E-state index in [0.717, 1.165) is 80.8 Å². The van der Waals surface area contributed by atoms with Crippen LogP contribution in [-0.4, -0.2) is 57.8 Å². The predicted octanol–water partition coefficient (Wildman–Crippen LogP) is 3.06. The van der Waals surface area contributed by atoms with Crippen LogP contribution in [-0.2, 0) is 13.1 Å². The van der Waals surface area contributed by atoms with Crippen LogP contribution in [0.25, 0.3) is 10.9 Å². The summed E-state index contributed by atoms with van der Waals surface area (Å²) in [7, 11) is 0. The predicted molar refractivity (Wildman–Crippen MR) is 122 cm³/mol. The number of anilines is 1. The highest BCUT2D eigenvalue weighted by Gasteiger charge is 2.26. The van der Waals surface area contributed by atoms with Gasteiger partial charge in [0.1, 0.15) is 5.82 Å². The Labute approximate surface area is 183 Å². The van der Waals surface area contributed by atoms with Crippen molar-refractivity contribution in [1.82, 2.24) is 25.0 Å². The lowest BCUT2D eigenvalue weighted by molar-refractivity contribution is 0.0952. The van der Waals surface area contributed by atoms with E-state index in [1.165, 1.54) is 5.56 Å². The van der Waals surface area contributed by atoms with Gasteiger partial charge >= 0.3 is 0 Å². The van der Waals surface area contributed by atoms with E-state index in [1.807, 2.05) is 41.2 Å². The Hall–Kier alpha value is -2.93. The number of nitrogens with zero attached hydrogens (tertiary/aromatic N) is 5. The summed E-state index contributed by atoms with van der Waals surface area (Å²) in [5.74, 6) is 0.923. The Morgan fingerprint density at radius 2 is 2.03 bits per heavy atom. The van der Waals surface area contributed by atoms with Gasteiger partial charge in [-0.1, -0.05) is 18.2 Å². The number of fused-ring (bicyclic) bond motifs is 1. The first-order chi connectivity index (χ1) is 15.2. The van der Waals surface area contributed by atoms with E-state index in [-0.39, 0.29) is 5.91 Å². The molecule has 7 nitrogen and oxygen atoms in total. The fraction of sp³-hybridized carbons (Fsp3) is 0.458. The zero-order valence-electron chi connectivity index (χ0n) is 18.1. The molecule has 0 spiro atoms. The summed E-state index contributed by atoms with van der Waals surface area (Å²) in [5, 5.41) is 8.47. The van der Waals surface area contributed by atoms with Gasteiger partial charge in [0.25, 0.3) is 5.91 Å². The summed E-state index contributed by atoms with van der Waals surface area (Å²) in [6.07, 6.45) is 7.35. The molecule has 31 heavy (non-hydrogen) atoms. The molecular formula is C24H30N6O. The maximum Gasteiger partial charge on any atom is 0.252 e. The first-order valence-corrected chi connectivity index (χ1v) is 11.4. The van der Waals surface area contributed by atoms with Gasteiger partial charge in [-0.2, -0.15) is 5.10 Å². The van der Waals surface area contributed by atoms with Gasteiger partial charge in [0.2, 0.25) is 0 Å². The Morgan fingerprint density at radius 1 is 1.16 bits per heavy atom. The van der Waals surface area contributed by atoms with Crippen LogP contribution in [0.15, 0.2) is 42.7 Å². The molecule has 2 aliphatic rings. The molecule has 1 saturated carbocycles. The third-order valence-electron chi connectivity index (χ3n) is 6.19. The van der Waals surface area contributed by atoms with Crippen molar-refractivity contribution in [3.05, 3.63) is 53.9 Å². The van der Waals surface area contributed by atoms with Crippen molar-refractivity contribution in [1.29, 1.82) is 0 Å². The van der Waals surface area contributed by atoms with Gasteiger partial charge in [-0.25, -0.2) is 4.98 Å². The molecule has 2 fully saturated rings. The number of rotatable bonds is 6. The van der Waals surface area contributed by atoms with Crippen LogP contribution in [0.2, 0.25) is 0 Å². The number of benzene rings is 1. The van der Waals surface area contributed by atoms with Gasteiger partial charge in [-0.3, -0.25) is 14.4 Å². The van der Waals surface area contributed by atoms with Crippen molar-refractivity contribution in [3.8, 4) is 0 Å². The molecule has 162 valence electrons. The molecule has 0 atom stereocenters. The maximum atomic E-state index is 12.9. The number of hydrogen-bond donors (Lipinski definition) is 1. The minimum Gasteiger partial charge on any atom is -0.355 e. The summed E-state index contributed by atoms with van der Waals surface area (Å²) in [4.78, 5) is 22.7. The van der Waals surface area contributed by atoms with Crippen molar-refractivity contribution in [3.63, 3.8) is 0 Å². The number of pyridine rings is 1. The SMILES string of the molecule is CCn1cc(CN2CCCN(c3cc(C(=O)NC4CC4)c4ccccc4n3)CC2)cn1. The number of para-hydroxylation sites is 1. The van der Waals surface area contributed by atoms with Gasteiger partial charge in [0, 0.05) is 62.5 Å². The number of nitrogens with one attached hydrogen (secondary N) is 1. The molecule has 3 aromatic rings. The molecule has 1 amide bonds. The van der Waals surface area contributed by atoms with E-state index < -0.39 is 0 Å². The average Bonchev–Trinajstić information content (AvgIpc) is 3.54. The van der Waals surface area contributed by atoms with Crippen LogP contribution >= 0.6 is 0 Å². The van der Waals surface area contributed by atoms with Crippen LogP contribution in [0.1, 0.15) is 42.1 Å². The molecule has 5 rings (SSSR count). The first-order valence-electron chi connectivity index (χ1n) is 11.4. The largest absolute Gasteiger partial charge is 0.355 e. The van der Waals surface area contributed by atoms with Crippen LogP contribution in [0.3, 0.4) is 0 Å². The molecular weight excluding hydrogens is 388 g/mol. The molecule has 0 unspecified atom stereocenters. The number of aromatic nitrogens is 3. The van der Waals surface area contributed by atoms with Gasteiger partial charge in [-0.05, 0) is 38.3 Å². The molecule has 0 bridgehead atoms. The lowest BCUT2D eigenvalue weighted by Crippen LogP contribution is -2.31. The highest BCUT2D eigenvalue weighted by atomic mass is 16.1. The maximum absolute atomic E-state index is 12.9. The molecule has 0 radical (unpaired) electrons. The summed E-state index contributed by atoms with van der Waals surface area (Å²) in [6.45, 7) is 7.80. The highest BCUT2D eigenvalue weighted by molar-refractivity contribution is 6.07. The highest BCUT2D eigenvalue weighted by Crippen LogP contribution is 2.26. The van der Waals surface area contributed by atoms with Crippen LogP contribution in [0.5, 0.6) is 0 Å². The minimum absolute atomic E-state index is 0.0201. The van der Waals surface area contributed by atoms with Crippen molar-refractivity contribution in [2.24, 2.45) is 0 Å². The number of hydrogen-bond acceptors (Lipinski definition) is 5. The minimum atomic E-state index is 0.0201. The van der Waals surface area contributed by atoms with Crippen LogP contribution in [0.4, 0.5) is 5.82 Å². The lowest BCUT2D eigenvalue weighted by Gasteiger charge is -2.23. The molecule has 3 heterocycles. The van der Waals surface area contributed by atoms with Gasteiger partial charge in [0.15, 0.2) is 0 Å². The zero-order chi connectivity index (χ0) is 21.2. The van der Waals surface area contributed by atoms with E-state index in [4.69, 9.17) is 4.98 Å². The molecule has 1 aromatic carbocycles. The van der Waals surface area contributed by atoms with Gasteiger partial charge < -0.3 is 10.2 Å². The third kappa shape index (κ3) is 4.56. The monoisotopic (exact) mass is 418 g/mol. The Morgan fingerprint density at radius 3 is 2.84 bits per heavy atom. The molecule has 1 N–H and O–H groups in total. The standard InChI is InChI=1S/C24H30N6O/c1-2-30-17-18(15-25-30)16-28-10-5-11-29(13-12-28)23-14-21(24(31)26-19-8-9-19)20-6-3-4-7-22(20)27-23/h3-4,6-7,14-15,17,19H,2,5,8-13,16H2,1H3,(H,26,31). The van der Waals surface area contributed by atoms with Crippen molar-refractivity contribution in [2.75, 3.05) is 31.1 Å². The Balaban J connectivity index is 1.34. The molecule has 2 aromatic heterocycles. The van der Waals surface area contributed by atoms with Gasteiger partial charge in [-0.15, -0.1) is 0 Å². The smallest absolute Gasteiger partial charge is 0.252 e. The molecule has 1 aliphatic carbocycles. The second kappa shape index (κ2) is 8.67. The second-order valence-electron chi connectivity index (χ2n) is 8.61. The summed E-state index contributed by atoms with van der Waals surface area (Å²) >= 11 is 0. The first kappa shape index (κ1) is 20.0. The number of carbonyl (C=O) groups excluding carboxylic acids is 1. The fourth-order valence-electron chi connectivity index (χ4n) is 4.28. The summed E-state index contributed by atoms with van der Waals surface area (Å²) in [6, 6.07) is 10.3. The topological polar surface area (TPSA) is 66.3 Å². The van der Waals surface area contributed by atoms with Gasteiger partial charge in [0.05, 0.1) is 17.3 Å². The lowest BCUT2D eigenvalue weighted by atomic mass is 10.1. The van der Waals surface area contributed by atoms with E-state index >= 15 is 0 Å². The zero-order valence-corrected chi connectivity index (χ0v) is 18.1.